The number of amides is 1. The number of rotatable bonds is 4. The number of aryl methyl sites for hydroxylation is 1. The van der Waals surface area contributed by atoms with Gasteiger partial charge in [0.25, 0.3) is 5.91 Å². The van der Waals surface area contributed by atoms with E-state index in [1.165, 1.54) is 17.4 Å². The molecule has 2 aromatic rings. The van der Waals surface area contributed by atoms with Crippen LogP contribution in [0.1, 0.15) is 20.4 Å². The molecule has 1 aromatic carbocycles. The summed E-state index contributed by atoms with van der Waals surface area (Å²) in [6, 6.07) is 6.75. The summed E-state index contributed by atoms with van der Waals surface area (Å²) in [5.41, 5.74) is 1.34. The van der Waals surface area contributed by atoms with E-state index in [1.54, 1.807) is 19.2 Å². The predicted octanol–water partition coefficient (Wildman–Crippen LogP) is 2.70. The van der Waals surface area contributed by atoms with Gasteiger partial charge in [-0.1, -0.05) is 12.1 Å². The van der Waals surface area contributed by atoms with Crippen LogP contribution in [0.15, 0.2) is 24.3 Å². The van der Waals surface area contributed by atoms with Gasteiger partial charge in [0.15, 0.2) is 0 Å². The fourth-order valence-electron chi connectivity index (χ4n) is 2.84. The molecule has 1 fully saturated rings. The molecule has 1 aliphatic heterocycles. The normalized spacial score (nSPS) is 15.0. The summed E-state index contributed by atoms with van der Waals surface area (Å²) >= 11 is 1.38. The van der Waals surface area contributed by atoms with E-state index < -0.39 is 0 Å². The predicted molar refractivity (Wildman–Crippen MR) is 92.1 cm³/mol. The standard InChI is InChI=1S/C17H20FN3O2S/c1-12-16(24-15(19-12)11-23-2)17(22)21-9-7-20(8-10-21)14-6-4-3-5-13(14)18/h3-6H,7-11H2,1-2H3. The zero-order chi connectivity index (χ0) is 17.1. The maximum absolute atomic E-state index is 13.9. The highest BCUT2D eigenvalue weighted by Crippen LogP contribution is 2.23. The molecular formula is C17H20FN3O2S. The third-order valence-corrected chi connectivity index (χ3v) is 5.18. The summed E-state index contributed by atoms with van der Waals surface area (Å²) in [7, 11) is 1.61. The summed E-state index contributed by atoms with van der Waals surface area (Å²) in [4.78, 5) is 21.6. The van der Waals surface area contributed by atoms with Crippen LogP contribution >= 0.6 is 11.3 Å². The highest BCUT2D eigenvalue weighted by molar-refractivity contribution is 7.13. The molecule has 0 bridgehead atoms. The van der Waals surface area contributed by atoms with Crippen molar-refractivity contribution < 1.29 is 13.9 Å². The van der Waals surface area contributed by atoms with Crippen molar-refractivity contribution >= 4 is 22.9 Å². The Hall–Kier alpha value is -1.99. The van der Waals surface area contributed by atoms with E-state index in [4.69, 9.17) is 4.74 Å². The van der Waals surface area contributed by atoms with Crippen LogP contribution in [0.5, 0.6) is 0 Å². The van der Waals surface area contributed by atoms with Gasteiger partial charge in [-0.25, -0.2) is 9.37 Å². The second-order valence-electron chi connectivity index (χ2n) is 5.69. The van der Waals surface area contributed by atoms with Crippen molar-refractivity contribution in [1.82, 2.24) is 9.88 Å². The number of aromatic nitrogens is 1. The average molecular weight is 349 g/mol. The van der Waals surface area contributed by atoms with Crippen molar-refractivity contribution in [2.45, 2.75) is 13.5 Å². The van der Waals surface area contributed by atoms with Gasteiger partial charge < -0.3 is 14.5 Å². The number of methoxy groups -OCH3 is 1. The Kier molecular flexibility index (Phi) is 5.11. The molecule has 2 heterocycles. The molecule has 5 nitrogen and oxygen atoms in total. The van der Waals surface area contributed by atoms with Crippen molar-refractivity contribution in [3.63, 3.8) is 0 Å². The van der Waals surface area contributed by atoms with E-state index in [0.29, 0.717) is 43.4 Å². The second-order valence-corrected chi connectivity index (χ2v) is 6.77. The van der Waals surface area contributed by atoms with E-state index in [1.807, 2.05) is 22.8 Å². The Morgan fingerprint density at radius 1 is 1.29 bits per heavy atom. The lowest BCUT2D eigenvalue weighted by molar-refractivity contribution is 0.0750. The fraction of sp³-hybridized carbons (Fsp3) is 0.412. The van der Waals surface area contributed by atoms with Crippen molar-refractivity contribution in [2.24, 2.45) is 0 Å². The van der Waals surface area contributed by atoms with Gasteiger partial charge >= 0.3 is 0 Å². The minimum absolute atomic E-state index is 0.000497. The first-order valence-corrected chi connectivity index (χ1v) is 8.66. The lowest BCUT2D eigenvalue weighted by Gasteiger charge is -2.36. The van der Waals surface area contributed by atoms with Gasteiger partial charge in [-0.2, -0.15) is 0 Å². The van der Waals surface area contributed by atoms with Gasteiger partial charge in [0.2, 0.25) is 0 Å². The van der Waals surface area contributed by atoms with E-state index in [9.17, 15) is 9.18 Å². The molecule has 0 spiro atoms. The van der Waals surface area contributed by atoms with Gasteiger partial charge in [0.05, 0.1) is 18.0 Å². The highest BCUT2D eigenvalue weighted by atomic mass is 32.1. The number of thiazole rings is 1. The average Bonchev–Trinajstić information content (AvgIpc) is 2.96. The van der Waals surface area contributed by atoms with Crippen LogP contribution in [-0.2, 0) is 11.3 Å². The maximum Gasteiger partial charge on any atom is 0.265 e. The molecule has 1 aliphatic rings. The molecule has 0 radical (unpaired) electrons. The molecule has 1 aromatic heterocycles. The summed E-state index contributed by atoms with van der Waals surface area (Å²) in [5.74, 6) is -0.222. The Bertz CT molecular complexity index is 726. The van der Waals surface area contributed by atoms with E-state index in [-0.39, 0.29) is 11.7 Å². The smallest absolute Gasteiger partial charge is 0.265 e. The van der Waals surface area contributed by atoms with Crippen LogP contribution < -0.4 is 4.90 Å². The first-order chi connectivity index (χ1) is 11.6. The quantitative estimate of drug-likeness (QED) is 0.851. The number of nitrogens with zero attached hydrogens (tertiary/aromatic N) is 3. The number of carbonyl (C=O) groups is 1. The van der Waals surface area contributed by atoms with Gasteiger partial charge in [-0.05, 0) is 19.1 Å². The van der Waals surface area contributed by atoms with Gasteiger partial charge in [-0.15, -0.1) is 11.3 Å². The Morgan fingerprint density at radius 2 is 2.00 bits per heavy atom. The molecule has 1 amide bonds. The van der Waals surface area contributed by atoms with Crippen LogP contribution in [0.2, 0.25) is 0 Å². The largest absolute Gasteiger partial charge is 0.378 e. The number of halogens is 1. The third-order valence-electron chi connectivity index (χ3n) is 4.06. The van der Waals surface area contributed by atoms with E-state index >= 15 is 0 Å². The minimum Gasteiger partial charge on any atom is -0.378 e. The fourth-order valence-corrected chi connectivity index (χ4v) is 3.84. The number of carbonyl (C=O) groups excluding carboxylic acids is 1. The van der Waals surface area contributed by atoms with E-state index in [2.05, 4.69) is 4.98 Å². The van der Waals surface area contributed by atoms with Gasteiger partial charge in [0.1, 0.15) is 15.7 Å². The van der Waals surface area contributed by atoms with Crippen LogP contribution in [0, 0.1) is 12.7 Å². The first kappa shape index (κ1) is 16.9. The summed E-state index contributed by atoms with van der Waals surface area (Å²) in [6.07, 6.45) is 0. The zero-order valence-corrected chi connectivity index (χ0v) is 14.6. The van der Waals surface area contributed by atoms with Crippen LogP contribution in [0.25, 0.3) is 0 Å². The van der Waals surface area contributed by atoms with Crippen molar-refractivity contribution in [3.05, 3.63) is 45.7 Å². The Balaban J connectivity index is 1.66. The van der Waals surface area contributed by atoms with Crippen LogP contribution in [-0.4, -0.2) is 49.1 Å². The van der Waals surface area contributed by atoms with Crippen LogP contribution in [0.3, 0.4) is 0 Å². The first-order valence-electron chi connectivity index (χ1n) is 7.84. The highest BCUT2D eigenvalue weighted by Gasteiger charge is 2.26. The lowest BCUT2D eigenvalue weighted by Crippen LogP contribution is -2.49. The molecule has 0 unspecified atom stereocenters. The summed E-state index contributed by atoms with van der Waals surface area (Å²) in [6.45, 7) is 4.65. The lowest BCUT2D eigenvalue weighted by atomic mass is 10.2. The van der Waals surface area contributed by atoms with Crippen molar-refractivity contribution in [3.8, 4) is 0 Å². The number of para-hydroxylation sites is 1. The molecule has 24 heavy (non-hydrogen) atoms. The van der Waals surface area contributed by atoms with Gasteiger partial charge in [0, 0.05) is 33.3 Å². The number of piperazine rings is 1. The number of hydrogen-bond acceptors (Lipinski definition) is 5. The molecule has 3 rings (SSSR count). The molecule has 7 heteroatoms. The van der Waals surface area contributed by atoms with Gasteiger partial charge in [-0.3, -0.25) is 4.79 Å². The molecular weight excluding hydrogens is 329 g/mol. The molecule has 128 valence electrons. The molecule has 0 N–H and O–H groups in total. The van der Waals surface area contributed by atoms with Crippen LogP contribution in [0.4, 0.5) is 10.1 Å². The summed E-state index contributed by atoms with van der Waals surface area (Å²) in [5, 5.41) is 0.809. The molecule has 0 saturated carbocycles. The number of hydrogen-bond donors (Lipinski definition) is 0. The topological polar surface area (TPSA) is 45.7 Å². The second kappa shape index (κ2) is 7.27. The third kappa shape index (κ3) is 3.42. The molecule has 0 atom stereocenters. The molecule has 1 saturated heterocycles. The number of ether oxygens (including phenoxy) is 1. The number of benzene rings is 1. The van der Waals surface area contributed by atoms with Crippen molar-refractivity contribution in [1.29, 1.82) is 0 Å². The Labute approximate surface area is 144 Å². The maximum atomic E-state index is 13.9. The monoisotopic (exact) mass is 349 g/mol. The number of anilines is 1. The van der Waals surface area contributed by atoms with Crippen molar-refractivity contribution in [2.75, 3.05) is 38.2 Å². The summed E-state index contributed by atoms with van der Waals surface area (Å²) < 4.78 is 19.0. The Morgan fingerprint density at radius 3 is 2.67 bits per heavy atom. The molecule has 0 aliphatic carbocycles. The SMILES string of the molecule is COCc1nc(C)c(C(=O)N2CCN(c3ccccc3F)CC2)s1. The minimum atomic E-state index is -0.222. The zero-order valence-electron chi connectivity index (χ0n) is 13.8. The van der Waals surface area contributed by atoms with E-state index in [0.717, 1.165) is 10.7 Å².